The highest BCUT2D eigenvalue weighted by Gasteiger charge is 2.15. The Morgan fingerprint density at radius 2 is 2.03 bits per heavy atom. The lowest BCUT2D eigenvalue weighted by atomic mass is 10.1. The van der Waals surface area contributed by atoms with Crippen LogP contribution >= 0.6 is 12.6 Å². The number of aryl methyl sites for hydroxylation is 3. The summed E-state index contributed by atoms with van der Waals surface area (Å²) in [7, 11) is 0. The van der Waals surface area contributed by atoms with E-state index >= 15 is 0 Å². The molecule has 2 N–H and O–H groups in total. The number of pyridine rings is 1. The van der Waals surface area contributed by atoms with Gasteiger partial charge in [0.2, 0.25) is 0 Å². The van der Waals surface area contributed by atoms with Crippen molar-refractivity contribution in [3.8, 4) is 0 Å². The van der Waals surface area contributed by atoms with Gasteiger partial charge < -0.3 is 15.0 Å². The lowest BCUT2D eigenvalue weighted by Gasteiger charge is -2.28. The van der Waals surface area contributed by atoms with Gasteiger partial charge in [0.1, 0.15) is 11.6 Å². The zero-order chi connectivity index (χ0) is 24.5. The Morgan fingerprint density at radius 3 is 2.83 bits per heavy atom. The van der Waals surface area contributed by atoms with Crippen molar-refractivity contribution >= 4 is 41.4 Å². The number of hydrogen-bond donors (Lipinski definition) is 3. The molecule has 4 rings (SSSR count). The molecule has 1 aromatic carbocycles. The van der Waals surface area contributed by atoms with Gasteiger partial charge in [-0.25, -0.2) is 9.97 Å². The Balaban J connectivity index is 1.47. The molecule has 182 valence electrons. The predicted octanol–water partition coefficient (Wildman–Crippen LogP) is 4.10. The number of amides is 1. The van der Waals surface area contributed by atoms with Crippen LogP contribution in [-0.4, -0.2) is 52.7 Å². The molecule has 10 heteroatoms. The van der Waals surface area contributed by atoms with Crippen molar-refractivity contribution in [1.29, 1.82) is 0 Å². The molecule has 1 aliphatic rings. The number of nitrogens with one attached hydrogen (secondary N) is 2. The first-order valence-corrected chi connectivity index (χ1v) is 12.0. The number of aromatic nitrogens is 3. The number of hydrogen-bond acceptors (Lipinski definition) is 8. The first-order chi connectivity index (χ1) is 17.1. The van der Waals surface area contributed by atoms with E-state index < -0.39 is 5.24 Å². The minimum atomic E-state index is -0.414. The van der Waals surface area contributed by atoms with Gasteiger partial charge in [0.15, 0.2) is 5.82 Å². The Bertz CT molecular complexity index is 1180. The third-order valence-electron chi connectivity index (χ3n) is 5.47. The first-order valence-electron chi connectivity index (χ1n) is 11.6. The topological polar surface area (TPSA) is 105 Å². The Morgan fingerprint density at radius 1 is 1.17 bits per heavy atom. The van der Waals surface area contributed by atoms with Crippen LogP contribution in [0.5, 0.6) is 0 Å². The van der Waals surface area contributed by atoms with Gasteiger partial charge >= 0.3 is 0 Å². The fourth-order valence-corrected chi connectivity index (χ4v) is 3.93. The van der Waals surface area contributed by atoms with Gasteiger partial charge in [0.05, 0.1) is 30.8 Å². The van der Waals surface area contributed by atoms with E-state index in [0.29, 0.717) is 37.6 Å². The summed E-state index contributed by atoms with van der Waals surface area (Å²) in [5.74, 6) is 2.21. The van der Waals surface area contributed by atoms with E-state index in [1.165, 1.54) is 5.56 Å². The maximum atomic E-state index is 11.4. The molecule has 1 aliphatic heterocycles. The lowest BCUT2D eigenvalue weighted by molar-refractivity contribution is 0.122. The molecular weight excluding hydrogens is 462 g/mol. The van der Waals surface area contributed by atoms with Crippen molar-refractivity contribution in [2.75, 3.05) is 41.9 Å². The molecule has 35 heavy (non-hydrogen) atoms. The average Bonchev–Trinajstić information content (AvgIpc) is 2.85. The van der Waals surface area contributed by atoms with Crippen LogP contribution in [0.3, 0.4) is 0 Å². The Hall–Kier alpha value is -3.50. The van der Waals surface area contributed by atoms with Crippen LogP contribution in [0.1, 0.15) is 29.1 Å². The van der Waals surface area contributed by atoms with Gasteiger partial charge in [0, 0.05) is 31.8 Å². The summed E-state index contributed by atoms with van der Waals surface area (Å²) in [4.78, 5) is 27.4. The van der Waals surface area contributed by atoms with Gasteiger partial charge in [-0.05, 0) is 37.5 Å². The molecule has 0 saturated carbocycles. The SMILES string of the molecule is Cc1cccc(/C=N/Nc2cc(N3CCOCC3)nc(CCCc3ncccc3NC(=O)S)n2)c1. The van der Waals surface area contributed by atoms with Crippen LogP contribution in [0.15, 0.2) is 53.8 Å². The van der Waals surface area contributed by atoms with E-state index in [-0.39, 0.29) is 0 Å². The molecule has 3 heterocycles. The number of rotatable bonds is 9. The number of hydrazone groups is 1. The molecule has 0 spiro atoms. The summed E-state index contributed by atoms with van der Waals surface area (Å²) >= 11 is 3.80. The number of carbonyl (C=O) groups excluding carboxylic acids is 1. The second kappa shape index (κ2) is 12.3. The molecule has 1 fully saturated rings. The van der Waals surface area contributed by atoms with E-state index in [1.807, 2.05) is 24.3 Å². The standard InChI is InChI=1S/C25H29N7O2S/c1-18-5-2-6-19(15-18)17-27-31-23-16-24(32-11-13-34-14-12-32)30-22(29-23)9-3-7-20-21(28-25(33)35)8-4-10-26-20/h2,4-6,8,10,15-17H,3,7,9,11-14H2,1H3,(H2,28,33,35)(H,29,30,31)/b27-17+. The molecular formula is C25H29N7O2S. The molecule has 9 nitrogen and oxygen atoms in total. The van der Waals surface area contributed by atoms with Crippen LogP contribution in [0.4, 0.5) is 22.1 Å². The van der Waals surface area contributed by atoms with E-state index in [1.54, 1.807) is 18.5 Å². The van der Waals surface area contributed by atoms with Crippen LogP contribution in [0.2, 0.25) is 0 Å². The van der Waals surface area contributed by atoms with E-state index in [4.69, 9.17) is 9.72 Å². The highest BCUT2D eigenvalue weighted by atomic mass is 32.1. The molecule has 0 unspecified atom stereocenters. The van der Waals surface area contributed by atoms with E-state index in [0.717, 1.165) is 42.4 Å². The van der Waals surface area contributed by atoms with Gasteiger partial charge in [-0.15, -0.1) is 0 Å². The first kappa shape index (κ1) is 24.6. The highest BCUT2D eigenvalue weighted by molar-refractivity contribution is 7.96. The second-order valence-electron chi connectivity index (χ2n) is 8.19. The minimum Gasteiger partial charge on any atom is -0.378 e. The van der Waals surface area contributed by atoms with Gasteiger partial charge in [-0.1, -0.05) is 42.5 Å². The second-order valence-corrected chi connectivity index (χ2v) is 8.60. The highest BCUT2D eigenvalue weighted by Crippen LogP contribution is 2.20. The maximum Gasteiger partial charge on any atom is 0.280 e. The van der Waals surface area contributed by atoms with Gasteiger partial charge in [0.25, 0.3) is 5.24 Å². The molecule has 3 aromatic rings. The summed E-state index contributed by atoms with van der Waals surface area (Å²) < 4.78 is 5.49. The third-order valence-corrected chi connectivity index (χ3v) is 5.59. The van der Waals surface area contributed by atoms with Crippen molar-refractivity contribution in [1.82, 2.24) is 15.0 Å². The number of benzene rings is 1. The third kappa shape index (κ3) is 7.49. The summed E-state index contributed by atoms with van der Waals surface area (Å²) in [6.45, 7) is 4.96. The lowest BCUT2D eigenvalue weighted by Crippen LogP contribution is -2.37. The minimum absolute atomic E-state index is 0.414. The van der Waals surface area contributed by atoms with Crippen molar-refractivity contribution in [2.45, 2.75) is 26.2 Å². The predicted molar refractivity (Wildman–Crippen MR) is 142 cm³/mol. The molecule has 0 bridgehead atoms. The quantitative estimate of drug-likeness (QED) is 0.235. The summed E-state index contributed by atoms with van der Waals surface area (Å²) in [6, 6.07) is 13.7. The van der Waals surface area contributed by atoms with Crippen LogP contribution in [0.25, 0.3) is 0 Å². The van der Waals surface area contributed by atoms with Crippen molar-refractivity contribution in [3.63, 3.8) is 0 Å². The van der Waals surface area contributed by atoms with Crippen LogP contribution in [0, 0.1) is 6.92 Å². The summed E-state index contributed by atoms with van der Waals surface area (Å²) in [5, 5.41) is 6.68. The monoisotopic (exact) mass is 491 g/mol. The molecule has 0 aliphatic carbocycles. The normalized spacial score (nSPS) is 13.7. The van der Waals surface area contributed by atoms with E-state index in [9.17, 15) is 4.79 Å². The smallest absolute Gasteiger partial charge is 0.280 e. The maximum absolute atomic E-state index is 11.4. The van der Waals surface area contributed by atoms with Gasteiger partial charge in [-0.3, -0.25) is 15.2 Å². The van der Waals surface area contributed by atoms with Crippen LogP contribution in [-0.2, 0) is 17.6 Å². The van der Waals surface area contributed by atoms with Crippen molar-refractivity contribution < 1.29 is 9.53 Å². The number of nitrogens with zero attached hydrogens (tertiary/aromatic N) is 5. The number of ether oxygens (including phenoxy) is 1. The average molecular weight is 492 g/mol. The number of morpholine rings is 1. The van der Waals surface area contributed by atoms with Gasteiger partial charge in [-0.2, -0.15) is 5.10 Å². The molecule has 0 radical (unpaired) electrons. The Kier molecular flexibility index (Phi) is 8.63. The van der Waals surface area contributed by atoms with E-state index in [2.05, 4.69) is 62.4 Å². The molecule has 2 aromatic heterocycles. The van der Waals surface area contributed by atoms with Crippen molar-refractivity contribution in [3.05, 3.63) is 71.3 Å². The fraction of sp³-hybridized carbons (Fsp3) is 0.320. The fourth-order valence-electron chi connectivity index (χ4n) is 3.81. The Labute approximate surface area is 210 Å². The zero-order valence-electron chi connectivity index (χ0n) is 19.6. The molecule has 1 amide bonds. The number of anilines is 3. The largest absolute Gasteiger partial charge is 0.378 e. The summed E-state index contributed by atoms with van der Waals surface area (Å²) in [6.07, 6.45) is 5.59. The van der Waals surface area contributed by atoms with Crippen LogP contribution < -0.4 is 15.6 Å². The number of carbonyl (C=O) groups is 1. The van der Waals surface area contributed by atoms with Crippen molar-refractivity contribution in [2.24, 2.45) is 5.10 Å². The molecule has 1 saturated heterocycles. The molecule has 0 atom stereocenters. The zero-order valence-corrected chi connectivity index (χ0v) is 20.5. The summed E-state index contributed by atoms with van der Waals surface area (Å²) in [5.41, 5.74) is 6.73. The number of thiol groups is 1.